The van der Waals surface area contributed by atoms with Crippen LogP contribution < -0.4 is 5.73 Å². The fraction of sp³-hybridized carbons (Fsp3) is 0.750. The lowest BCUT2D eigenvalue weighted by Gasteiger charge is -2.19. The molecule has 0 aromatic heterocycles. The summed E-state index contributed by atoms with van der Waals surface area (Å²) in [7, 11) is -4.40. The van der Waals surface area contributed by atoms with E-state index in [1.54, 1.807) is 0 Å². The fourth-order valence-electron chi connectivity index (χ4n) is 10.9. The van der Waals surface area contributed by atoms with Gasteiger partial charge in [0.2, 0.25) is 0 Å². The van der Waals surface area contributed by atoms with Crippen molar-refractivity contribution in [2.45, 2.75) is 360 Å². The first kappa shape index (κ1) is 86.7. The summed E-state index contributed by atoms with van der Waals surface area (Å²) in [5, 5.41) is 0. The molecular weight excluding hydrogens is 1130 g/mol. The summed E-state index contributed by atoms with van der Waals surface area (Å²) in [6.45, 7) is 3.68. The quantitative estimate of drug-likeness (QED) is 0.0264. The first-order valence-electron chi connectivity index (χ1n) is 37.9. The van der Waals surface area contributed by atoms with Crippen LogP contribution in [0.15, 0.2) is 109 Å². The molecule has 0 aromatic rings. The molecule has 0 aromatic carbocycles. The molecule has 2 unspecified atom stereocenters. The minimum absolute atomic E-state index is 0.0516. The van der Waals surface area contributed by atoms with E-state index < -0.39 is 26.5 Å². The summed E-state index contributed by atoms with van der Waals surface area (Å²) in [6, 6.07) is 0. The summed E-state index contributed by atoms with van der Waals surface area (Å²) in [4.78, 5) is 35.4. The standard InChI is InChI=1S/C80H142NO8P/c1-3-5-7-9-11-13-15-17-19-21-23-25-27-29-31-33-34-35-36-37-38-39-40-41-42-43-44-45-47-49-51-53-55-57-59-61-63-65-67-69-71-73-80(83)89-78(77-88-90(84,85)87-75-74-81)76-86-79(82)72-70-68-66-64-62-60-58-56-54-52-50-48-46-32-30-28-26-24-22-20-18-16-14-12-10-8-6-4-2/h5,7,11,13,17,19,23,25,29,31,34-35,37-38,40-41,43-44,78H,3-4,6,8-10,12,14-16,18,20-22,24,26-28,30,32-33,36,39,42,45-77,81H2,1-2H3,(H,84,85)/b7-5-,13-11-,19-17-,25-23-,31-29-,35-34-,38-37-,41-40-,44-43-. The summed E-state index contributed by atoms with van der Waals surface area (Å²) < 4.78 is 33.2. The van der Waals surface area contributed by atoms with Gasteiger partial charge in [0, 0.05) is 19.4 Å². The molecule has 0 saturated carbocycles. The molecule has 0 fully saturated rings. The zero-order valence-electron chi connectivity index (χ0n) is 58.6. The predicted molar refractivity (Wildman–Crippen MR) is 390 cm³/mol. The van der Waals surface area contributed by atoms with Gasteiger partial charge in [0.15, 0.2) is 6.10 Å². The maximum absolute atomic E-state index is 12.8. The topological polar surface area (TPSA) is 134 Å². The van der Waals surface area contributed by atoms with Crippen LogP contribution in [0.1, 0.15) is 354 Å². The van der Waals surface area contributed by atoms with Gasteiger partial charge in [0.05, 0.1) is 13.2 Å². The van der Waals surface area contributed by atoms with Crippen LogP contribution >= 0.6 is 7.82 Å². The van der Waals surface area contributed by atoms with Crippen molar-refractivity contribution in [3.8, 4) is 0 Å². The van der Waals surface area contributed by atoms with E-state index in [2.05, 4.69) is 123 Å². The SMILES string of the molecule is CC/C=C\C/C=C\C/C=C\C/C=C\C/C=C\C/C=C\C/C=C\C/C=C\C/C=C\CCCCCCCCCCCCCCCC(=O)OC(COC(=O)CCCCCCCCCCCCCCCCCCCCCCCCCCCCCC)COP(=O)(O)OCCN. The van der Waals surface area contributed by atoms with Crippen LogP contribution in [-0.2, 0) is 32.7 Å². The third kappa shape index (κ3) is 73.7. The zero-order chi connectivity index (χ0) is 65.1. The van der Waals surface area contributed by atoms with E-state index >= 15 is 0 Å². The monoisotopic (exact) mass is 1280 g/mol. The van der Waals surface area contributed by atoms with Crippen molar-refractivity contribution in [1.82, 2.24) is 0 Å². The average Bonchev–Trinajstić information content (AvgIpc) is 3.68. The highest BCUT2D eigenvalue weighted by atomic mass is 31.2. The van der Waals surface area contributed by atoms with E-state index in [4.69, 9.17) is 24.3 Å². The lowest BCUT2D eigenvalue weighted by Crippen LogP contribution is -2.29. The number of nitrogens with two attached hydrogens (primary N) is 1. The van der Waals surface area contributed by atoms with E-state index in [-0.39, 0.29) is 38.6 Å². The van der Waals surface area contributed by atoms with E-state index in [9.17, 15) is 19.0 Å². The van der Waals surface area contributed by atoms with Crippen molar-refractivity contribution in [2.75, 3.05) is 26.4 Å². The number of ether oxygens (including phenoxy) is 2. The van der Waals surface area contributed by atoms with Crippen molar-refractivity contribution in [3.63, 3.8) is 0 Å². The first-order chi connectivity index (χ1) is 44.3. The number of rotatable bonds is 71. The molecule has 2 atom stereocenters. The molecule has 0 spiro atoms. The molecule has 0 rings (SSSR count). The Bertz CT molecular complexity index is 1850. The molecule has 0 heterocycles. The van der Waals surface area contributed by atoms with Gasteiger partial charge in [-0.25, -0.2) is 4.57 Å². The van der Waals surface area contributed by atoms with Crippen LogP contribution in [-0.4, -0.2) is 49.3 Å². The highest BCUT2D eigenvalue weighted by Crippen LogP contribution is 2.43. The number of phosphoric acid groups is 1. The third-order valence-corrected chi connectivity index (χ3v) is 17.4. The fourth-order valence-corrected chi connectivity index (χ4v) is 11.6. The summed E-state index contributed by atoms with van der Waals surface area (Å²) in [5.41, 5.74) is 5.41. The number of unbranched alkanes of at least 4 members (excludes halogenated alkanes) is 40. The van der Waals surface area contributed by atoms with Crippen molar-refractivity contribution < 1.29 is 37.6 Å². The Hall–Kier alpha value is -3.33. The Balaban J connectivity index is 3.86. The first-order valence-corrected chi connectivity index (χ1v) is 39.4. The van der Waals surface area contributed by atoms with Gasteiger partial charge in [-0.05, 0) is 83.5 Å². The number of esters is 2. The second-order valence-corrected chi connectivity index (χ2v) is 26.6. The van der Waals surface area contributed by atoms with Crippen molar-refractivity contribution >= 4 is 19.8 Å². The summed E-state index contributed by atoms with van der Waals surface area (Å²) >= 11 is 0. The number of phosphoric ester groups is 1. The molecule has 0 aliphatic rings. The number of hydrogen-bond acceptors (Lipinski definition) is 8. The summed E-state index contributed by atoms with van der Waals surface area (Å²) in [6.07, 6.45) is 103. The van der Waals surface area contributed by atoms with Crippen LogP contribution in [0.5, 0.6) is 0 Å². The lowest BCUT2D eigenvalue weighted by molar-refractivity contribution is -0.161. The molecule has 0 amide bonds. The molecular formula is C80H142NO8P. The van der Waals surface area contributed by atoms with Gasteiger partial charge in [-0.2, -0.15) is 0 Å². The van der Waals surface area contributed by atoms with Gasteiger partial charge in [0.1, 0.15) is 6.61 Å². The van der Waals surface area contributed by atoms with Gasteiger partial charge in [-0.1, -0.05) is 367 Å². The smallest absolute Gasteiger partial charge is 0.462 e. The van der Waals surface area contributed by atoms with Crippen molar-refractivity contribution in [2.24, 2.45) is 5.73 Å². The van der Waals surface area contributed by atoms with Gasteiger partial charge in [-0.3, -0.25) is 18.6 Å². The van der Waals surface area contributed by atoms with Gasteiger partial charge < -0.3 is 20.1 Å². The molecule has 10 heteroatoms. The van der Waals surface area contributed by atoms with E-state index in [1.807, 2.05) is 0 Å². The number of allylic oxidation sites excluding steroid dienone is 18. The second-order valence-electron chi connectivity index (χ2n) is 25.1. The highest BCUT2D eigenvalue weighted by molar-refractivity contribution is 7.47. The van der Waals surface area contributed by atoms with Crippen LogP contribution in [0.4, 0.5) is 0 Å². The molecule has 9 nitrogen and oxygen atoms in total. The maximum Gasteiger partial charge on any atom is 0.472 e. The van der Waals surface area contributed by atoms with Gasteiger partial charge in [0.25, 0.3) is 0 Å². The van der Waals surface area contributed by atoms with Crippen LogP contribution in [0.3, 0.4) is 0 Å². The van der Waals surface area contributed by atoms with E-state index in [1.165, 1.54) is 225 Å². The molecule has 3 N–H and O–H groups in total. The maximum atomic E-state index is 12.8. The van der Waals surface area contributed by atoms with Crippen LogP contribution in [0.2, 0.25) is 0 Å². The average molecular weight is 1280 g/mol. The molecule has 0 aliphatic carbocycles. The number of carbonyl (C=O) groups excluding carboxylic acids is 2. The minimum atomic E-state index is -4.40. The van der Waals surface area contributed by atoms with Gasteiger partial charge >= 0.3 is 19.8 Å². The van der Waals surface area contributed by atoms with Crippen LogP contribution in [0.25, 0.3) is 0 Å². The lowest BCUT2D eigenvalue weighted by atomic mass is 10.0. The van der Waals surface area contributed by atoms with Crippen molar-refractivity contribution in [1.29, 1.82) is 0 Å². The second kappa shape index (κ2) is 74.7. The van der Waals surface area contributed by atoms with Gasteiger partial charge in [-0.15, -0.1) is 0 Å². The summed E-state index contributed by atoms with van der Waals surface area (Å²) in [5.74, 6) is -0.816. The third-order valence-electron chi connectivity index (χ3n) is 16.4. The molecule has 90 heavy (non-hydrogen) atoms. The zero-order valence-corrected chi connectivity index (χ0v) is 59.5. The highest BCUT2D eigenvalue weighted by Gasteiger charge is 2.26. The Morgan fingerprint density at radius 2 is 0.611 bits per heavy atom. The molecule has 0 aliphatic heterocycles. The normalized spacial score (nSPS) is 13.5. The predicted octanol–water partition coefficient (Wildman–Crippen LogP) is 25.3. The Kier molecular flexibility index (Phi) is 71.9. The number of carbonyl (C=O) groups is 2. The molecule has 0 radical (unpaired) electrons. The van der Waals surface area contributed by atoms with Crippen molar-refractivity contribution in [3.05, 3.63) is 109 Å². The Morgan fingerprint density at radius 3 is 0.911 bits per heavy atom. The van der Waals surface area contributed by atoms with Crippen LogP contribution in [0, 0.1) is 0 Å². The Labute approximate surface area is 556 Å². The minimum Gasteiger partial charge on any atom is -0.462 e. The molecule has 0 bridgehead atoms. The van der Waals surface area contributed by atoms with E-state index in [0.29, 0.717) is 6.42 Å². The largest absolute Gasteiger partial charge is 0.472 e. The van der Waals surface area contributed by atoms with E-state index in [0.717, 1.165) is 96.3 Å². The Morgan fingerprint density at radius 1 is 0.344 bits per heavy atom. The number of hydrogen-bond donors (Lipinski definition) is 2. The molecule has 520 valence electrons. The molecule has 0 saturated heterocycles.